The van der Waals surface area contributed by atoms with Crippen molar-refractivity contribution in [2.75, 3.05) is 32.8 Å². The number of hydrogen-bond acceptors (Lipinski definition) is 4. The number of fused-ring (bicyclic) bond motifs is 1. The van der Waals surface area contributed by atoms with Gasteiger partial charge in [-0.3, -0.25) is 4.79 Å². The van der Waals surface area contributed by atoms with E-state index >= 15 is 0 Å². The van der Waals surface area contributed by atoms with Crippen molar-refractivity contribution in [3.63, 3.8) is 0 Å². The summed E-state index contributed by atoms with van der Waals surface area (Å²) < 4.78 is 11.1. The number of rotatable bonds is 8. The Labute approximate surface area is 158 Å². The molecule has 5 nitrogen and oxygen atoms in total. The van der Waals surface area contributed by atoms with Gasteiger partial charge in [-0.05, 0) is 49.6 Å². The predicted octanol–water partition coefficient (Wildman–Crippen LogP) is 1.84. The fraction of sp³-hybridized carbons (Fsp3) is 0.450. The molecule has 1 unspecified atom stereocenters. The van der Waals surface area contributed by atoms with E-state index in [2.05, 4.69) is 23.7 Å². The summed E-state index contributed by atoms with van der Waals surface area (Å²) in [6, 6.07) is 10.1. The summed E-state index contributed by atoms with van der Waals surface area (Å²) in [5, 5.41) is 5.12. The quantitative estimate of drug-likeness (QED) is 0.693. The number of thiophene rings is 1. The van der Waals surface area contributed by atoms with Crippen molar-refractivity contribution in [2.45, 2.75) is 26.3 Å². The average molecular weight is 376 g/mol. The minimum absolute atomic E-state index is 0.0841. The molecule has 0 saturated carbocycles. The van der Waals surface area contributed by atoms with Crippen LogP contribution in [0.15, 0.2) is 35.7 Å². The van der Waals surface area contributed by atoms with Gasteiger partial charge < -0.3 is 19.7 Å². The van der Waals surface area contributed by atoms with Crippen LogP contribution in [0.1, 0.15) is 30.3 Å². The first-order valence-electron chi connectivity index (χ1n) is 9.20. The number of benzene rings is 1. The van der Waals surface area contributed by atoms with Crippen molar-refractivity contribution < 1.29 is 19.2 Å². The smallest absolute Gasteiger partial charge is 0.275 e. The van der Waals surface area contributed by atoms with Crippen LogP contribution in [0.2, 0.25) is 0 Å². The zero-order valence-electron chi connectivity index (χ0n) is 15.4. The van der Waals surface area contributed by atoms with Crippen LogP contribution in [-0.2, 0) is 11.2 Å². The van der Waals surface area contributed by atoms with E-state index in [1.807, 2.05) is 42.5 Å². The zero-order valence-corrected chi connectivity index (χ0v) is 16.2. The van der Waals surface area contributed by atoms with Crippen LogP contribution in [0.4, 0.5) is 0 Å². The normalized spacial score (nSPS) is 18.8. The summed E-state index contributed by atoms with van der Waals surface area (Å²) in [7, 11) is 0. The Morgan fingerprint density at radius 3 is 2.69 bits per heavy atom. The molecule has 0 fully saturated rings. The third-order valence-electron chi connectivity index (χ3n) is 4.75. The van der Waals surface area contributed by atoms with Gasteiger partial charge in [0.25, 0.3) is 5.91 Å². The fourth-order valence-electron chi connectivity index (χ4n) is 3.32. The third-order valence-corrected chi connectivity index (χ3v) is 5.74. The van der Waals surface area contributed by atoms with Crippen LogP contribution in [0.3, 0.4) is 0 Å². The van der Waals surface area contributed by atoms with Crippen LogP contribution in [0.5, 0.6) is 11.5 Å². The molecule has 2 heterocycles. The highest BCUT2D eigenvalue weighted by molar-refractivity contribution is 7.10. The minimum atomic E-state index is 0.0841. The molecular formula is C20H27N2O3S+. The number of ether oxygens (including phenoxy) is 2. The van der Waals surface area contributed by atoms with Gasteiger partial charge in [-0.2, -0.15) is 0 Å². The standard InChI is InChI=1S/C20H26N2O3S/c1-3-24-16-4-6-17(7-5-16)25-12-10-21-20(23)14-22-11-8-19-18(15(22)2)9-13-26-19/h4-7,9,13,15H,3,8,10-12,14H2,1-2H3,(H,21,23)/p+1/t15-/m0/s1. The van der Waals surface area contributed by atoms with Crippen molar-refractivity contribution in [2.24, 2.45) is 0 Å². The van der Waals surface area contributed by atoms with Gasteiger partial charge >= 0.3 is 0 Å². The Morgan fingerprint density at radius 1 is 1.23 bits per heavy atom. The Bertz CT molecular complexity index is 714. The molecule has 0 bridgehead atoms. The highest BCUT2D eigenvalue weighted by atomic mass is 32.1. The van der Waals surface area contributed by atoms with Gasteiger partial charge in [0.05, 0.1) is 19.7 Å². The second-order valence-corrected chi connectivity index (χ2v) is 7.46. The fourth-order valence-corrected chi connectivity index (χ4v) is 4.30. The van der Waals surface area contributed by atoms with E-state index in [0.29, 0.717) is 32.3 Å². The molecular weight excluding hydrogens is 348 g/mol. The van der Waals surface area contributed by atoms with Gasteiger partial charge in [0.1, 0.15) is 24.1 Å². The van der Waals surface area contributed by atoms with Gasteiger partial charge in [-0.25, -0.2) is 0 Å². The molecule has 140 valence electrons. The average Bonchev–Trinajstić information content (AvgIpc) is 3.12. The van der Waals surface area contributed by atoms with Crippen molar-refractivity contribution in [1.29, 1.82) is 0 Å². The molecule has 2 aromatic rings. The first-order valence-corrected chi connectivity index (χ1v) is 10.1. The maximum Gasteiger partial charge on any atom is 0.275 e. The van der Waals surface area contributed by atoms with Crippen molar-refractivity contribution >= 4 is 17.2 Å². The molecule has 2 N–H and O–H groups in total. The van der Waals surface area contributed by atoms with Gasteiger partial charge in [0.15, 0.2) is 6.54 Å². The van der Waals surface area contributed by atoms with Crippen molar-refractivity contribution in [1.82, 2.24) is 5.32 Å². The first-order chi connectivity index (χ1) is 12.7. The topological polar surface area (TPSA) is 52.0 Å². The molecule has 2 atom stereocenters. The molecule has 1 aliphatic heterocycles. The molecule has 3 rings (SSSR count). The molecule has 6 heteroatoms. The van der Waals surface area contributed by atoms with E-state index in [0.717, 1.165) is 24.5 Å². The number of amides is 1. The molecule has 1 aromatic carbocycles. The lowest BCUT2D eigenvalue weighted by molar-refractivity contribution is -0.924. The maximum absolute atomic E-state index is 12.2. The summed E-state index contributed by atoms with van der Waals surface area (Å²) in [6.07, 6.45) is 1.07. The van der Waals surface area contributed by atoms with Crippen LogP contribution in [0.25, 0.3) is 0 Å². The summed E-state index contributed by atoms with van der Waals surface area (Å²) in [6.45, 7) is 7.32. The Hall–Kier alpha value is -2.05. The van der Waals surface area contributed by atoms with E-state index < -0.39 is 0 Å². The Morgan fingerprint density at radius 2 is 1.96 bits per heavy atom. The molecule has 0 aliphatic carbocycles. The maximum atomic E-state index is 12.2. The van der Waals surface area contributed by atoms with E-state index in [1.54, 1.807) is 0 Å². The van der Waals surface area contributed by atoms with Gasteiger partial charge in [-0.1, -0.05) is 0 Å². The molecule has 26 heavy (non-hydrogen) atoms. The van der Waals surface area contributed by atoms with Gasteiger partial charge in [-0.15, -0.1) is 11.3 Å². The summed E-state index contributed by atoms with van der Waals surface area (Å²) in [4.78, 5) is 15.0. The SMILES string of the molecule is CCOc1ccc(OCCNC(=O)C[NH+]2CCc3sccc3[C@@H]2C)cc1. The number of nitrogens with one attached hydrogen (secondary N) is 2. The molecule has 1 aromatic heterocycles. The second kappa shape index (κ2) is 9.05. The number of carbonyl (C=O) groups excluding carboxylic acids is 1. The van der Waals surface area contributed by atoms with E-state index in [-0.39, 0.29) is 5.91 Å². The number of quaternary nitrogens is 1. The molecule has 1 amide bonds. The lowest BCUT2D eigenvalue weighted by Crippen LogP contribution is -3.14. The Kier molecular flexibility index (Phi) is 6.52. The van der Waals surface area contributed by atoms with Crippen LogP contribution in [-0.4, -0.2) is 38.8 Å². The largest absolute Gasteiger partial charge is 0.494 e. The van der Waals surface area contributed by atoms with E-state index in [1.165, 1.54) is 15.3 Å². The summed E-state index contributed by atoms with van der Waals surface area (Å²) in [5.74, 6) is 1.70. The number of carbonyl (C=O) groups is 1. The lowest BCUT2D eigenvalue weighted by Gasteiger charge is -2.29. The molecule has 0 radical (unpaired) electrons. The molecule has 0 saturated heterocycles. The first kappa shape index (κ1) is 18.7. The summed E-state index contributed by atoms with van der Waals surface area (Å²) >= 11 is 1.83. The van der Waals surface area contributed by atoms with Crippen LogP contribution >= 0.6 is 11.3 Å². The zero-order chi connectivity index (χ0) is 18.4. The summed E-state index contributed by atoms with van der Waals surface area (Å²) in [5.41, 5.74) is 1.41. The Balaban J connectivity index is 1.37. The highest BCUT2D eigenvalue weighted by Crippen LogP contribution is 2.24. The van der Waals surface area contributed by atoms with Gasteiger partial charge in [0, 0.05) is 16.9 Å². The molecule has 0 spiro atoms. The highest BCUT2D eigenvalue weighted by Gasteiger charge is 2.29. The van der Waals surface area contributed by atoms with Crippen molar-refractivity contribution in [3.8, 4) is 11.5 Å². The minimum Gasteiger partial charge on any atom is -0.494 e. The van der Waals surface area contributed by atoms with Crippen LogP contribution in [0, 0.1) is 0 Å². The second-order valence-electron chi connectivity index (χ2n) is 6.46. The van der Waals surface area contributed by atoms with Crippen LogP contribution < -0.4 is 19.7 Å². The molecule has 1 aliphatic rings. The van der Waals surface area contributed by atoms with E-state index in [9.17, 15) is 4.79 Å². The predicted molar refractivity (Wildman–Crippen MR) is 103 cm³/mol. The number of hydrogen-bond donors (Lipinski definition) is 2. The van der Waals surface area contributed by atoms with E-state index in [4.69, 9.17) is 9.47 Å². The monoisotopic (exact) mass is 375 g/mol. The third kappa shape index (κ3) is 4.77. The van der Waals surface area contributed by atoms with Gasteiger partial charge in [0.2, 0.25) is 0 Å². The van der Waals surface area contributed by atoms with Crippen molar-refractivity contribution in [3.05, 3.63) is 46.2 Å². The lowest BCUT2D eigenvalue weighted by atomic mass is 10.0.